The van der Waals surface area contributed by atoms with Crippen LogP contribution in [0.3, 0.4) is 0 Å². The summed E-state index contributed by atoms with van der Waals surface area (Å²) < 4.78 is 0. The van der Waals surface area contributed by atoms with E-state index in [2.05, 4.69) is 17.2 Å². The van der Waals surface area contributed by atoms with Gasteiger partial charge in [0.15, 0.2) is 0 Å². The molecule has 0 fully saturated rings. The number of carboxylic acids is 1. The fourth-order valence-corrected chi connectivity index (χ4v) is 3.27. The molecule has 5 heteroatoms. The molecule has 1 rings (SSSR count). The Morgan fingerprint density at radius 3 is 1.75 bits per heavy atom. The van der Waals surface area contributed by atoms with E-state index < -0.39 is 5.97 Å². The molecule has 5 nitrogen and oxygen atoms in total. The fraction of sp³-hybridized carbons (Fsp3) is 0.696. The van der Waals surface area contributed by atoms with Crippen LogP contribution in [0.1, 0.15) is 118 Å². The molecule has 0 aliphatic rings. The van der Waals surface area contributed by atoms with Gasteiger partial charge in [-0.1, -0.05) is 90.4 Å². The summed E-state index contributed by atoms with van der Waals surface area (Å²) in [5.41, 5.74) is 0.346. The molecule has 0 aliphatic heterocycles. The summed E-state index contributed by atoms with van der Waals surface area (Å²) in [7, 11) is 0. The van der Waals surface area contributed by atoms with Crippen LogP contribution in [0.4, 0.5) is 0 Å². The van der Waals surface area contributed by atoms with E-state index >= 15 is 0 Å². The van der Waals surface area contributed by atoms with Gasteiger partial charge in [0.05, 0.1) is 5.56 Å². The van der Waals surface area contributed by atoms with Gasteiger partial charge in [-0.2, -0.15) is 0 Å². The molecule has 1 amide bonds. The molecule has 0 spiro atoms. The molecule has 28 heavy (non-hydrogen) atoms. The molecule has 0 saturated heterocycles. The number of aromatic carboxylic acids is 1. The standard InChI is InChI=1S/C23H38N2O3/c1-2-3-4-5-6-7-8-9-10-11-12-13-14-15-18-24-22(26)21-17-16-20(19-25-21)23(27)28/h16-17,19H,2-15,18H2,1H3,(H,24,26)(H,27,28). The smallest absolute Gasteiger partial charge is 0.337 e. The number of pyridine rings is 1. The van der Waals surface area contributed by atoms with E-state index in [0.717, 1.165) is 12.8 Å². The molecule has 1 heterocycles. The Morgan fingerprint density at radius 2 is 1.32 bits per heavy atom. The molecule has 1 aromatic heterocycles. The Kier molecular flexibility index (Phi) is 13.9. The number of unbranched alkanes of at least 4 members (excludes halogenated alkanes) is 13. The lowest BCUT2D eigenvalue weighted by Crippen LogP contribution is -2.25. The average molecular weight is 391 g/mol. The summed E-state index contributed by atoms with van der Waals surface area (Å²) in [5.74, 6) is -1.28. The summed E-state index contributed by atoms with van der Waals surface area (Å²) in [6.45, 7) is 2.90. The minimum atomic E-state index is -1.04. The second kappa shape index (κ2) is 16.1. The predicted molar refractivity (Wildman–Crippen MR) is 114 cm³/mol. The molecule has 0 saturated carbocycles. The van der Waals surface area contributed by atoms with Crippen molar-refractivity contribution in [1.29, 1.82) is 0 Å². The number of hydrogen-bond acceptors (Lipinski definition) is 3. The summed E-state index contributed by atoms with van der Waals surface area (Å²) in [5, 5.41) is 11.7. The number of carbonyl (C=O) groups excluding carboxylic acids is 1. The molecule has 158 valence electrons. The lowest BCUT2D eigenvalue weighted by Gasteiger charge is -2.05. The normalized spacial score (nSPS) is 10.8. The quantitative estimate of drug-likeness (QED) is 0.320. The van der Waals surface area contributed by atoms with E-state index in [4.69, 9.17) is 5.11 Å². The topological polar surface area (TPSA) is 79.3 Å². The molecule has 1 aromatic rings. The van der Waals surface area contributed by atoms with Crippen molar-refractivity contribution >= 4 is 11.9 Å². The van der Waals surface area contributed by atoms with Crippen LogP contribution in [0.15, 0.2) is 18.3 Å². The fourth-order valence-electron chi connectivity index (χ4n) is 3.27. The number of hydrogen-bond donors (Lipinski definition) is 2. The highest BCUT2D eigenvalue weighted by atomic mass is 16.4. The van der Waals surface area contributed by atoms with Gasteiger partial charge in [0.25, 0.3) is 5.91 Å². The molecule has 0 aliphatic carbocycles. The maximum atomic E-state index is 11.9. The number of amides is 1. The van der Waals surface area contributed by atoms with Crippen LogP contribution in [0, 0.1) is 0 Å². The number of carboxylic acid groups (broad SMARTS) is 1. The second-order valence-electron chi connectivity index (χ2n) is 7.59. The lowest BCUT2D eigenvalue weighted by molar-refractivity contribution is 0.0695. The van der Waals surface area contributed by atoms with Crippen LogP contribution in [0.25, 0.3) is 0 Å². The minimum absolute atomic E-state index is 0.0866. The van der Waals surface area contributed by atoms with Gasteiger partial charge in [-0.25, -0.2) is 4.79 Å². The first-order valence-corrected chi connectivity index (χ1v) is 11.1. The SMILES string of the molecule is CCCCCCCCCCCCCCCCNC(=O)c1ccc(C(=O)O)cn1. The van der Waals surface area contributed by atoms with Crippen LogP contribution in [0.5, 0.6) is 0 Å². The first kappa shape index (κ1) is 24.1. The van der Waals surface area contributed by atoms with E-state index in [1.54, 1.807) is 0 Å². The Balaban J connectivity index is 1.90. The van der Waals surface area contributed by atoms with E-state index in [1.165, 1.54) is 95.4 Å². The van der Waals surface area contributed by atoms with Gasteiger partial charge in [-0.05, 0) is 18.6 Å². The number of nitrogens with zero attached hydrogens (tertiary/aromatic N) is 1. The highest BCUT2D eigenvalue weighted by molar-refractivity contribution is 5.93. The van der Waals surface area contributed by atoms with Crippen molar-refractivity contribution in [3.05, 3.63) is 29.6 Å². The third kappa shape index (κ3) is 11.7. The highest BCUT2D eigenvalue weighted by Crippen LogP contribution is 2.12. The zero-order chi connectivity index (χ0) is 20.5. The van der Waals surface area contributed by atoms with E-state index in [0.29, 0.717) is 6.54 Å². The van der Waals surface area contributed by atoms with Gasteiger partial charge in [0, 0.05) is 12.7 Å². The summed E-state index contributed by atoms with van der Waals surface area (Å²) in [4.78, 5) is 26.6. The zero-order valence-corrected chi connectivity index (χ0v) is 17.5. The van der Waals surface area contributed by atoms with Crippen molar-refractivity contribution < 1.29 is 14.7 Å². The average Bonchev–Trinajstić information content (AvgIpc) is 2.70. The Bertz CT molecular complexity index is 543. The van der Waals surface area contributed by atoms with Crippen LogP contribution >= 0.6 is 0 Å². The third-order valence-corrected chi connectivity index (χ3v) is 5.06. The Morgan fingerprint density at radius 1 is 0.821 bits per heavy atom. The number of rotatable bonds is 17. The number of aromatic nitrogens is 1. The molecule has 0 aromatic carbocycles. The van der Waals surface area contributed by atoms with Gasteiger partial charge in [-0.3, -0.25) is 9.78 Å². The Labute approximate surface area is 170 Å². The molecule has 0 unspecified atom stereocenters. The zero-order valence-electron chi connectivity index (χ0n) is 17.5. The van der Waals surface area contributed by atoms with E-state index in [-0.39, 0.29) is 17.2 Å². The molecule has 0 radical (unpaired) electrons. The molecule has 0 bridgehead atoms. The van der Waals surface area contributed by atoms with Crippen LogP contribution in [-0.4, -0.2) is 28.5 Å². The molecular weight excluding hydrogens is 352 g/mol. The maximum Gasteiger partial charge on any atom is 0.337 e. The van der Waals surface area contributed by atoms with E-state index in [9.17, 15) is 9.59 Å². The summed E-state index contributed by atoms with van der Waals surface area (Å²) >= 11 is 0. The summed E-state index contributed by atoms with van der Waals surface area (Å²) in [6, 6.07) is 2.85. The van der Waals surface area contributed by atoms with Crippen molar-refractivity contribution in [2.24, 2.45) is 0 Å². The van der Waals surface area contributed by atoms with Crippen molar-refractivity contribution in [1.82, 2.24) is 10.3 Å². The molecular formula is C23H38N2O3. The van der Waals surface area contributed by atoms with Gasteiger partial charge >= 0.3 is 5.97 Å². The van der Waals surface area contributed by atoms with Gasteiger partial charge in [-0.15, -0.1) is 0 Å². The highest BCUT2D eigenvalue weighted by Gasteiger charge is 2.08. The van der Waals surface area contributed by atoms with Gasteiger partial charge in [0.1, 0.15) is 5.69 Å². The first-order valence-electron chi connectivity index (χ1n) is 11.1. The predicted octanol–water partition coefficient (Wildman–Crippen LogP) is 5.99. The van der Waals surface area contributed by atoms with Crippen molar-refractivity contribution in [3.8, 4) is 0 Å². The third-order valence-electron chi connectivity index (χ3n) is 5.06. The lowest BCUT2D eigenvalue weighted by atomic mass is 10.0. The monoisotopic (exact) mass is 390 g/mol. The van der Waals surface area contributed by atoms with Crippen LogP contribution < -0.4 is 5.32 Å². The van der Waals surface area contributed by atoms with Crippen LogP contribution in [-0.2, 0) is 0 Å². The van der Waals surface area contributed by atoms with Gasteiger partial charge in [0.2, 0.25) is 0 Å². The van der Waals surface area contributed by atoms with Crippen LogP contribution in [0.2, 0.25) is 0 Å². The largest absolute Gasteiger partial charge is 0.478 e. The van der Waals surface area contributed by atoms with E-state index in [1.807, 2.05) is 0 Å². The number of carbonyl (C=O) groups is 2. The Hall–Kier alpha value is -1.91. The van der Waals surface area contributed by atoms with Crippen molar-refractivity contribution in [2.75, 3.05) is 6.54 Å². The van der Waals surface area contributed by atoms with Crippen molar-refractivity contribution in [3.63, 3.8) is 0 Å². The first-order chi connectivity index (χ1) is 13.6. The number of nitrogens with one attached hydrogen (secondary N) is 1. The molecule has 2 N–H and O–H groups in total. The van der Waals surface area contributed by atoms with Crippen molar-refractivity contribution in [2.45, 2.75) is 96.8 Å². The second-order valence-corrected chi connectivity index (χ2v) is 7.59. The minimum Gasteiger partial charge on any atom is -0.478 e. The summed E-state index contributed by atoms with van der Waals surface area (Å²) in [6.07, 6.45) is 19.6. The van der Waals surface area contributed by atoms with Gasteiger partial charge < -0.3 is 10.4 Å². The molecule has 0 atom stereocenters. The maximum absolute atomic E-state index is 11.9.